The van der Waals surface area contributed by atoms with Gasteiger partial charge in [0.15, 0.2) is 27.2 Å². The van der Waals surface area contributed by atoms with Crippen LogP contribution in [0.3, 0.4) is 0 Å². The van der Waals surface area contributed by atoms with Crippen molar-refractivity contribution in [2.24, 2.45) is 0 Å². The van der Waals surface area contributed by atoms with Gasteiger partial charge < -0.3 is 15.2 Å². The molecule has 1 aromatic carbocycles. The fourth-order valence-corrected chi connectivity index (χ4v) is 3.75. The number of hydrogen-bond donors (Lipinski definition) is 2. The van der Waals surface area contributed by atoms with E-state index in [1.165, 1.54) is 0 Å². The van der Waals surface area contributed by atoms with Gasteiger partial charge >= 0.3 is 0 Å². The Morgan fingerprint density at radius 2 is 1.95 bits per heavy atom. The normalized spacial score (nSPS) is 24.8. The van der Waals surface area contributed by atoms with Gasteiger partial charge in [0.25, 0.3) is 0 Å². The highest BCUT2D eigenvalue weighted by Gasteiger charge is 2.39. The molecule has 2 N–H and O–H groups in total. The Bertz CT molecular complexity index is 582. The van der Waals surface area contributed by atoms with Crippen molar-refractivity contribution in [1.82, 2.24) is 5.32 Å². The molecule has 8 heteroatoms. The number of ether oxygens (including phenoxy) is 1. The second-order valence-corrected chi connectivity index (χ2v) is 6.87. The van der Waals surface area contributed by atoms with Gasteiger partial charge in [-0.3, -0.25) is 0 Å². The second kappa shape index (κ2) is 5.63. The molecule has 1 aromatic rings. The lowest BCUT2D eigenvalue weighted by Crippen LogP contribution is -2.30. The van der Waals surface area contributed by atoms with Crippen LogP contribution in [0.2, 0.25) is 0 Å². The van der Waals surface area contributed by atoms with Crippen LogP contribution in [0, 0.1) is 11.6 Å². The van der Waals surface area contributed by atoms with Crippen molar-refractivity contribution in [3.63, 3.8) is 0 Å². The lowest BCUT2D eigenvalue weighted by atomic mass is 10.2. The van der Waals surface area contributed by atoms with Crippen LogP contribution < -0.4 is 10.1 Å². The van der Waals surface area contributed by atoms with Gasteiger partial charge in [0.05, 0.1) is 11.5 Å². The molecule has 5 nitrogen and oxygen atoms in total. The Morgan fingerprint density at radius 3 is 2.40 bits per heavy atom. The largest absolute Gasteiger partial charge is 0.480 e. The molecule has 0 aliphatic carbocycles. The summed E-state index contributed by atoms with van der Waals surface area (Å²) in [5, 5.41) is 12.3. The molecule has 2 atom stereocenters. The van der Waals surface area contributed by atoms with Crippen LogP contribution >= 0.6 is 0 Å². The summed E-state index contributed by atoms with van der Waals surface area (Å²) in [5.74, 6) is -3.42. The molecule has 20 heavy (non-hydrogen) atoms. The molecular formula is C12H15F2NO4S. The number of hydrogen-bond acceptors (Lipinski definition) is 5. The van der Waals surface area contributed by atoms with Crippen LogP contribution in [-0.4, -0.2) is 44.3 Å². The number of halogens is 2. The first-order chi connectivity index (χ1) is 9.32. The average molecular weight is 307 g/mol. The highest BCUT2D eigenvalue weighted by molar-refractivity contribution is 7.91. The van der Waals surface area contributed by atoms with Gasteiger partial charge in [-0.05, 0) is 24.7 Å². The maximum Gasteiger partial charge on any atom is 0.191 e. The predicted octanol–water partition coefficient (Wildman–Crippen LogP) is 0.221. The number of benzene rings is 1. The highest BCUT2D eigenvalue weighted by Crippen LogP contribution is 2.27. The average Bonchev–Trinajstić information content (AvgIpc) is 2.57. The van der Waals surface area contributed by atoms with Crippen LogP contribution in [0.15, 0.2) is 12.1 Å². The van der Waals surface area contributed by atoms with Gasteiger partial charge in [-0.15, -0.1) is 0 Å². The molecule has 0 saturated carbocycles. The number of aliphatic hydroxyl groups excluding tert-OH is 1. The van der Waals surface area contributed by atoms with Crippen molar-refractivity contribution in [1.29, 1.82) is 0 Å². The van der Waals surface area contributed by atoms with E-state index in [-0.39, 0.29) is 6.54 Å². The standard InChI is InChI=1S/C12H15F2NO4S/c1-15-4-7-2-8(13)12(9(14)3-7)19-11-6-20(17,18)5-10(11)16/h2-3,10-11,15-16H,4-6H2,1H3. The molecule has 1 fully saturated rings. The predicted molar refractivity (Wildman–Crippen MR) is 68.2 cm³/mol. The molecule has 1 aliphatic rings. The smallest absolute Gasteiger partial charge is 0.191 e. The van der Waals surface area contributed by atoms with Crippen molar-refractivity contribution < 1.29 is 27.0 Å². The Labute approximate surface area is 115 Å². The third kappa shape index (κ3) is 3.25. The zero-order valence-electron chi connectivity index (χ0n) is 10.8. The van der Waals surface area contributed by atoms with Crippen LogP contribution in [0.5, 0.6) is 5.75 Å². The third-order valence-electron chi connectivity index (χ3n) is 2.98. The quantitative estimate of drug-likeness (QED) is 0.832. The Balaban J connectivity index is 2.22. The van der Waals surface area contributed by atoms with E-state index in [1.54, 1.807) is 7.05 Å². The van der Waals surface area contributed by atoms with Crippen LogP contribution in [0.25, 0.3) is 0 Å². The minimum absolute atomic E-state index is 0.286. The third-order valence-corrected chi connectivity index (χ3v) is 4.67. The van der Waals surface area contributed by atoms with Gasteiger partial charge in [0.1, 0.15) is 12.2 Å². The number of nitrogens with one attached hydrogen (secondary N) is 1. The molecule has 0 spiro atoms. The Kier molecular flexibility index (Phi) is 4.26. The highest BCUT2D eigenvalue weighted by atomic mass is 32.2. The SMILES string of the molecule is CNCc1cc(F)c(OC2CS(=O)(=O)CC2O)c(F)c1. The Morgan fingerprint density at radius 1 is 1.35 bits per heavy atom. The summed E-state index contributed by atoms with van der Waals surface area (Å²) in [7, 11) is -1.80. The number of aliphatic hydroxyl groups is 1. The van der Waals surface area contributed by atoms with Crippen molar-refractivity contribution in [2.45, 2.75) is 18.8 Å². The first-order valence-electron chi connectivity index (χ1n) is 6.00. The fraction of sp³-hybridized carbons (Fsp3) is 0.500. The number of sulfone groups is 1. The van der Waals surface area contributed by atoms with Crippen LogP contribution in [0.1, 0.15) is 5.56 Å². The summed E-state index contributed by atoms with van der Waals surface area (Å²) in [6.07, 6.45) is -2.44. The summed E-state index contributed by atoms with van der Waals surface area (Å²) < 4.78 is 55.2. The van der Waals surface area contributed by atoms with E-state index >= 15 is 0 Å². The summed E-state index contributed by atoms with van der Waals surface area (Å²) in [6.45, 7) is 0.286. The van der Waals surface area contributed by atoms with E-state index in [4.69, 9.17) is 4.74 Å². The van der Waals surface area contributed by atoms with Gasteiger partial charge in [-0.2, -0.15) is 0 Å². The molecule has 1 heterocycles. The summed E-state index contributed by atoms with van der Waals surface area (Å²) >= 11 is 0. The van der Waals surface area contributed by atoms with Gasteiger partial charge in [0.2, 0.25) is 0 Å². The molecule has 2 rings (SSSR count). The van der Waals surface area contributed by atoms with Gasteiger partial charge in [-0.1, -0.05) is 0 Å². The van der Waals surface area contributed by atoms with E-state index in [1.807, 2.05) is 0 Å². The fourth-order valence-electron chi connectivity index (χ4n) is 2.09. The zero-order chi connectivity index (χ0) is 14.9. The molecule has 2 unspecified atom stereocenters. The van der Waals surface area contributed by atoms with E-state index in [2.05, 4.69) is 5.32 Å². The van der Waals surface area contributed by atoms with Gasteiger partial charge in [0, 0.05) is 6.54 Å². The van der Waals surface area contributed by atoms with Crippen molar-refractivity contribution in [3.8, 4) is 5.75 Å². The maximum atomic E-state index is 13.8. The van der Waals surface area contributed by atoms with E-state index < -0.39 is 50.9 Å². The summed E-state index contributed by atoms with van der Waals surface area (Å²) in [4.78, 5) is 0. The minimum Gasteiger partial charge on any atom is -0.480 e. The molecule has 0 aromatic heterocycles. The molecule has 0 amide bonds. The Hall–Kier alpha value is -1.25. The molecule has 0 radical (unpaired) electrons. The topological polar surface area (TPSA) is 75.6 Å². The van der Waals surface area contributed by atoms with Crippen LogP contribution in [-0.2, 0) is 16.4 Å². The van der Waals surface area contributed by atoms with Crippen molar-refractivity contribution >= 4 is 9.84 Å². The van der Waals surface area contributed by atoms with E-state index in [0.717, 1.165) is 12.1 Å². The zero-order valence-corrected chi connectivity index (χ0v) is 11.6. The molecule has 0 bridgehead atoms. The first kappa shape index (κ1) is 15.1. The van der Waals surface area contributed by atoms with Crippen molar-refractivity contribution in [2.75, 3.05) is 18.6 Å². The lowest BCUT2D eigenvalue weighted by Gasteiger charge is -2.17. The van der Waals surface area contributed by atoms with Crippen molar-refractivity contribution in [3.05, 3.63) is 29.3 Å². The van der Waals surface area contributed by atoms with E-state index in [0.29, 0.717) is 5.56 Å². The maximum absolute atomic E-state index is 13.8. The molecular weight excluding hydrogens is 292 g/mol. The monoisotopic (exact) mass is 307 g/mol. The molecule has 112 valence electrons. The summed E-state index contributed by atoms with van der Waals surface area (Å²) in [6, 6.07) is 2.20. The van der Waals surface area contributed by atoms with Crippen LogP contribution in [0.4, 0.5) is 8.78 Å². The first-order valence-corrected chi connectivity index (χ1v) is 7.82. The second-order valence-electron chi connectivity index (χ2n) is 4.72. The lowest BCUT2D eigenvalue weighted by molar-refractivity contribution is 0.0681. The minimum atomic E-state index is -3.44. The summed E-state index contributed by atoms with van der Waals surface area (Å²) in [5.41, 5.74) is 0.398. The van der Waals surface area contributed by atoms with E-state index in [9.17, 15) is 22.3 Å². The van der Waals surface area contributed by atoms with Gasteiger partial charge in [-0.25, -0.2) is 17.2 Å². The molecule has 1 saturated heterocycles. The molecule has 1 aliphatic heterocycles. The number of rotatable bonds is 4.